The molecule has 4 rings (SSSR count). The average Bonchev–Trinajstić information content (AvgIpc) is 3.16. The third-order valence-corrected chi connectivity index (χ3v) is 5.67. The molecule has 1 saturated heterocycles. The molecular weight excluding hydrogens is 408 g/mol. The van der Waals surface area contributed by atoms with Crippen molar-refractivity contribution in [3.8, 4) is 11.3 Å². The lowest BCUT2D eigenvalue weighted by Gasteiger charge is -2.44. The molecule has 1 aliphatic heterocycles. The van der Waals surface area contributed by atoms with Crippen molar-refractivity contribution in [2.24, 2.45) is 0 Å². The molecule has 1 fully saturated rings. The highest BCUT2D eigenvalue weighted by atomic mass is 16.5. The number of piperazine rings is 1. The number of carbonyl (C=O) groups excluding carboxylic acids is 2. The summed E-state index contributed by atoms with van der Waals surface area (Å²) in [6, 6.07) is 8.00. The van der Waals surface area contributed by atoms with Crippen LogP contribution in [0.1, 0.15) is 27.7 Å². The first-order valence-electron chi connectivity index (χ1n) is 10.8. The van der Waals surface area contributed by atoms with Gasteiger partial charge in [0.15, 0.2) is 0 Å². The summed E-state index contributed by atoms with van der Waals surface area (Å²) in [6.45, 7) is 9.26. The van der Waals surface area contributed by atoms with Gasteiger partial charge in [0.25, 0.3) is 0 Å². The number of amides is 2. The van der Waals surface area contributed by atoms with E-state index < -0.39 is 6.09 Å². The van der Waals surface area contributed by atoms with Crippen molar-refractivity contribution < 1.29 is 14.3 Å². The van der Waals surface area contributed by atoms with E-state index in [9.17, 15) is 9.59 Å². The zero-order valence-corrected chi connectivity index (χ0v) is 18.8. The molecule has 2 amide bonds. The number of nitrogens with one attached hydrogen (secondary N) is 2. The first-order chi connectivity index (χ1) is 15.4. The van der Waals surface area contributed by atoms with Crippen molar-refractivity contribution in [3.63, 3.8) is 0 Å². The smallest absolute Gasteiger partial charge is 0.411 e. The second-order valence-electron chi connectivity index (χ2n) is 8.08. The number of rotatable bonds is 4. The number of aromatic amines is 1. The second-order valence-corrected chi connectivity index (χ2v) is 8.08. The SMILES string of the molecule is CCOC(=O)Nc1cnc2[nH]cc(-c3cccc(N4C[C@@H](C)N(C(C)=O)[C@@H](C)C4)n3)c2c1. The fraction of sp³-hybridized carbons (Fsp3) is 0.391. The predicted octanol–water partition coefficient (Wildman–Crippen LogP) is 3.64. The number of pyridine rings is 2. The molecule has 0 spiro atoms. The molecule has 9 nitrogen and oxygen atoms in total. The number of H-pyrrole nitrogens is 1. The van der Waals surface area contributed by atoms with Crippen molar-refractivity contribution >= 4 is 34.5 Å². The van der Waals surface area contributed by atoms with E-state index in [4.69, 9.17) is 9.72 Å². The molecule has 0 saturated carbocycles. The third kappa shape index (κ3) is 4.23. The van der Waals surface area contributed by atoms with Crippen LogP contribution in [-0.2, 0) is 9.53 Å². The van der Waals surface area contributed by atoms with E-state index in [1.807, 2.05) is 35.4 Å². The maximum atomic E-state index is 12.0. The highest BCUT2D eigenvalue weighted by Crippen LogP contribution is 2.30. The lowest BCUT2D eigenvalue weighted by atomic mass is 10.1. The molecule has 3 aromatic rings. The number of aromatic nitrogens is 3. The van der Waals surface area contributed by atoms with E-state index in [2.05, 4.69) is 34.0 Å². The number of anilines is 2. The zero-order valence-electron chi connectivity index (χ0n) is 18.8. The Bertz CT molecular complexity index is 1130. The molecule has 0 unspecified atom stereocenters. The Labute approximate surface area is 186 Å². The molecule has 9 heteroatoms. The van der Waals surface area contributed by atoms with Gasteiger partial charge in [0.05, 0.1) is 24.2 Å². The van der Waals surface area contributed by atoms with Crippen molar-refractivity contribution in [3.05, 3.63) is 36.7 Å². The topological polar surface area (TPSA) is 103 Å². The van der Waals surface area contributed by atoms with Crippen LogP contribution in [0.2, 0.25) is 0 Å². The minimum absolute atomic E-state index is 0.102. The Morgan fingerprint density at radius 1 is 1.25 bits per heavy atom. The second kappa shape index (κ2) is 8.86. The van der Waals surface area contributed by atoms with Crippen LogP contribution in [0, 0.1) is 0 Å². The molecule has 1 aliphatic rings. The van der Waals surface area contributed by atoms with Crippen LogP contribution in [0.25, 0.3) is 22.3 Å². The van der Waals surface area contributed by atoms with Crippen LogP contribution in [0.3, 0.4) is 0 Å². The number of hydrogen-bond donors (Lipinski definition) is 2. The van der Waals surface area contributed by atoms with Crippen LogP contribution in [-0.4, -0.2) is 63.6 Å². The van der Waals surface area contributed by atoms with Crippen molar-refractivity contribution in [2.75, 3.05) is 29.9 Å². The minimum Gasteiger partial charge on any atom is -0.450 e. The largest absolute Gasteiger partial charge is 0.450 e. The van der Waals surface area contributed by atoms with E-state index in [1.165, 1.54) is 0 Å². The number of ether oxygens (including phenoxy) is 1. The van der Waals surface area contributed by atoms with Crippen molar-refractivity contribution in [2.45, 2.75) is 39.8 Å². The number of nitrogens with zero attached hydrogens (tertiary/aromatic N) is 4. The molecule has 4 heterocycles. The maximum absolute atomic E-state index is 12.0. The molecule has 168 valence electrons. The third-order valence-electron chi connectivity index (χ3n) is 5.67. The lowest BCUT2D eigenvalue weighted by molar-refractivity contribution is -0.133. The molecule has 0 aromatic carbocycles. The number of carbonyl (C=O) groups is 2. The lowest BCUT2D eigenvalue weighted by Crippen LogP contribution is -2.58. The highest BCUT2D eigenvalue weighted by Gasteiger charge is 2.31. The highest BCUT2D eigenvalue weighted by molar-refractivity contribution is 5.96. The predicted molar refractivity (Wildman–Crippen MR) is 124 cm³/mol. The standard InChI is InChI=1S/C23H28N6O3/c1-5-32-23(31)26-17-9-18-19(11-25-22(18)24-10-17)20-7-6-8-21(27-20)28-12-14(2)29(16(4)30)15(3)13-28/h6-11,14-15H,5,12-13H2,1-4H3,(H,24,25)(H,26,31)/t14-,15+. The first-order valence-corrected chi connectivity index (χ1v) is 10.8. The van der Waals surface area contributed by atoms with Gasteiger partial charge in [-0.05, 0) is 39.0 Å². The quantitative estimate of drug-likeness (QED) is 0.647. The van der Waals surface area contributed by atoms with Gasteiger partial charge in [-0.15, -0.1) is 0 Å². The van der Waals surface area contributed by atoms with Gasteiger partial charge in [-0.2, -0.15) is 0 Å². The molecule has 0 aliphatic carbocycles. The van der Waals surface area contributed by atoms with Gasteiger partial charge >= 0.3 is 6.09 Å². The average molecular weight is 437 g/mol. The van der Waals surface area contributed by atoms with Gasteiger partial charge in [0, 0.05) is 49.2 Å². The molecule has 0 radical (unpaired) electrons. The summed E-state index contributed by atoms with van der Waals surface area (Å²) in [6.07, 6.45) is 2.94. The molecule has 0 bridgehead atoms. The Morgan fingerprint density at radius 2 is 2.00 bits per heavy atom. The van der Waals surface area contributed by atoms with Crippen LogP contribution < -0.4 is 10.2 Å². The van der Waals surface area contributed by atoms with Gasteiger partial charge in [-0.3, -0.25) is 10.1 Å². The Kier molecular flexibility index (Phi) is 5.98. The molecule has 2 N–H and O–H groups in total. The summed E-state index contributed by atoms with van der Waals surface area (Å²) < 4.78 is 4.95. The van der Waals surface area contributed by atoms with Gasteiger partial charge in [-0.25, -0.2) is 14.8 Å². The summed E-state index contributed by atoms with van der Waals surface area (Å²) >= 11 is 0. The summed E-state index contributed by atoms with van der Waals surface area (Å²) in [4.78, 5) is 40.4. The molecule has 3 aromatic heterocycles. The van der Waals surface area contributed by atoms with Crippen molar-refractivity contribution in [1.29, 1.82) is 0 Å². The van der Waals surface area contributed by atoms with Gasteiger partial charge in [0.1, 0.15) is 11.5 Å². The summed E-state index contributed by atoms with van der Waals surface area (Å²) in [5.74, 6) is 0.970. The molecular formula is C23H28N6O3. The first kappa shape index (κ1) is 21.6. The van der Waals surface area contributed by atoms with E-state index >= 15 is 0 Å². The molecule has 32 heavy (non-hydrogen) atoms. The van der Waals surface area contributed by atoms with E-state index in [1.54, 1.807) is 20.0 Å². The Morgan fingerprint density at radius 3 is 2.69 bits per heavy atom. The summed E-state index contributed by atoms with van der Waals surface area (Å²) in [5, 5.41) is 3.54. The van der Waals surface area contributed by atoms with Crippen LogP contribution in [0.5, 0.6) is 0 Å². The minimum atomic E-state index is -0.515. The Hall–Kier alpha value is -3.62. The number of hydrogen-bond acceptors (Lipinski definition) is 6. The summed E-state index contributed by atoms with van der Waals surface area (Å²) in [7, 11) is 0. The van der Waals surface area contributed by atoms with E-state index in [-0.39, 0.29) is 18.0 Å². The fourth-order valence-corrected chi connectivity index (χ4v) is 4.45. The van der Waals surface area contributed by atoms with Gasteiger partial charge in [-0.1, -0.05) is 6.07 Å². The normalized spacial score (nSPS) is 18.6. The zero-order chi connectivity index (χ0) is 22.8. The van der Waals surface area contributed by atoms with Crippen LogP contribution >= 0.6 is 0 Å². The maximum Gasteiger partial charge on any atom is 0.411 e. The van der Waals surface area contributed by atoms with E-state index in [0.717, 1.165) is 35.6 Å². The van der Waals surface area contributed by atoms with Crippen LogP contribution in [0.15, 0.2) is 36.7 Å². The van der Waals surface area contributed by atoms with Gasteiger partial charge < -0.3 is 19.5 Å². The fourth-order valence-electron chi connectivity index (χ4n) is 4.45. The van der Waals surface area contributed by atoms with Crippen molar-refractivity contribution in [1.82, 2.24) is 19.9 Å². The van der Waals surface area contributed by atoms with E-state index in [0.29, 0.717) is 17.9 Å². The molecule has 2 atom stereocenters. The van der Waals surface area contributed by atoms with Crippen LogP contribution in [0.4, 0.5) is 16.3 Å². The monoisotopic (exact) mass is 436 g/mol. The Balaban J connectivity index is 1.62. The number of fused-ring (bicyclic) bond motifs is 1. The van der Waals surface area contributed by atoms with Gasteiger partial charge in [0.2, 0.25) is 5.91 Å². The summed E-state index contributed by atoms with van der Waals surface area (Å²) in [5.41, 5.74) is 2.96.